The van der Waals surface area contributed by atoms with Gasteiger partial charge in [0.2, 0.25) is 11.0 Å². The van der Waals surface area contributed by atoms with Gasteiger partial charge in [-0.2, -0.15) is 4.57 Å². The monoisotopic (exact) mass is 365 g/mol. The van der Waals surface area contributed by atoms with Crippen LogP contribution in [0.1, 0.15) is 24.8 Å². The molecule has 0 aliphatic rings. The van der Waals surface area contributed by atoms with Gasteiger partial charge in [-0.25, -0.2) is 0 Å². The Morgan fingerprint density at radius 2 is 1.46 bits per heavy atom. The number of hydrogen-bond acceptors (Lipinski definition) is 0. The van der Waals surface area contributed by atoms with Gasteiger partial charge in [-0.1, -0.05) is 54.6 Å². The van der Waals surface area contributed by atoms with E-state index < -0.39 is 0 Å². The molecule has 3 aromatic carbocycles. The molecule has 5 rings (SSSR count). The number of unbranched alkanes of at least 4 members (excludes halogenated alkanes) is 2. The molecule has 0 aliphatic carbocycles. The summed E-state index contributed by atoms with van der Waals surface area (Å²) in [5.41, 5.74) is 6.54. The Hall–Kier alpha value is -3.13. The number of aromatic nitrogens is 2. The maximum atomic E-state index is 3.61. The second-order valence-electron chi connectivity index (χ2n) is 7.58. The van der Waals surface area contributed by atoms with Crippen LogP contribution in [0.25, 0.3) is 32.8 Å². The zero-order valence-corrected chi connectivity index (χ0v) is 16.1. The zero-order chi connectivity index (χ0) is 18.8. The molecule has 0 radical (unpaired) electrons. The van der Waals surface area contributed by atoms with Crippen molar-refractivity contribution in [2.45, 2.75) is 32.2 Å². The molecule has 2 nitrogen and oxygen atoms in total. The number of fused-ring (bicyclic) bond motifs is 4. The van der Waals surface area contributed by atoms with E-state index in [9.17, 15) is 0 Å². The van der Waals surface area contributed by atoms with Gasteiger partial charge in [-0.15, -0.1) is 0 Å². The first-order chi connectivity index (χ1) is 13.9. The number of para-hydroxylation sites is 2. The number of nitrogens with one attached hydrogen (secondary N) is 1. The molecule has 2 heteroatoms. The highest BCUT2D eigenvalue weighted by molar-refractivity contribution is 6.05. The lowest BCUT2D eigenvalue weighted by atomic mass is 10.1. The number of benzene rings is 3. The highest BCUT2D eigenvalue weighted by atomic mass is 15.0. The van der Waals surface area contributed by atoms with Gasteiger partial charge in [0, 0.05) is 17.9 Å². The maximum Gasteiger partial charge on any atom is 0.238 e. The second-order valence-corrected chi connectivity index (χ2v) is 7.58. The van der Waals surface area contributed by atoms with Gasteiger partial charge in [-0.3, -0.25) is 0 Å². The molecule has 0 spiro atoms. The molecule has 138 valence electrons. The highest BCUT2D eigenvalue weighted by Crippen LogP contribution is 2.25. The number of rotatable bonds is 6. The minimum Gasteiger partial charge on any atom is -0.349 e. The van der Waals surface area contributed by atoms with Crippen LogP contribution in [0.5, 0.6) is 0 Å². The molecule has 0 atom stereocenters. The van der Waals surface area contributed by atoms with Gasteiger partial charge in [-0.05, 0) is 49.1 Å². The third-order valence-electron chi connectivity index (χ3n) is 5.69. The van der Waals surface area contributed by atoms with Crippen molar-refractivity contribution in [3.63, 3.8) is 0 Å². The van der Waals surface area contributed by atoms with E-state index in [0.717, 1.165) is 6.54 Å². The Balaban J connectivity index is 1.44. The largest absolute Gasteiger partial charge is 0.349 e. The molecule has 0 saturated heterocycles. The summed E-state index contributed by atoms with van der Waals surface area (Å²) in [6.45, 7) is 1.05. The average molecular weight is 366 g/mol. The van der Waals surface area contributed by atoms with Crippen LogP contribution in [-0.4, -0.2) is 4.98 Å². The summed E-state index contributed by atoms with van der Waals surface area (Å²) in [5.74, 6) is 0. The highest BCUT2D eigenvalue weighted by Gasteiger charge is 2.19. The number of nitrogens with zero attached hydrogens (tertiary/aromatic N) is 1. The first kappa shape index (κ1) is 17.0. The van der Waals surface area contributed by atoms with Crippen molar-refractivity contribution in [2.75, 3.05) is 0 Å². The molecular weight excluding hydrogens is 340 g/mol. The summed E-state index contributed by atoms with van der Waals surface area (Å²) in [4.78, 5) is 3.61. The molecule has 0 aliphatic heterocycles. The zero-order valence-electron chi connectivity index (χ0n) is 16.1. The molecule has 0 amide bonds. The molecule has 5 aromatic rings. The van der Waals surface area contributed by atoms with Gasteiger partial charge >= 0.3 is 0 Å². The predicted octanol–water partition coefficient (Wildman–Crippen LogP) is 6.17. The molecule has 0 saturated carbocycles. The number of aromatic amines is 1. The lowest BCUT2D eigenvalue weighted by Crippen LogP contribution is -2.35. The van der Waals surface area contributed by atoms with Crippen molar-refractivity contribution in [2.24, 2.45) is 0 Å². The Morgan fingerprint density at radius 1 is 0.679 bits per heavy atom. The Labute approximate surface area is 165 Å². The van der Waals surface area contributed by atoms with E-state index >= 15 is 0 Å². The van der Waals surface area contributed by atoms with Crippen molar-refractivity contribution < 1.29 is 4.57 Å². The third kappa shape index (κ3) is 3.16. The average Bonchev–Trinajstić information content (AvgIpc) is 3.12. The van der Waals surface area contributed by atoms with Crippen LogP contribution >= 0.6 is 0 Å². The van der Waals surface area contributed by atoms with Crippen molar-refractivity contribution in [3.8, 4) is 0 Å². The quantitative estimate of drug-likeness (QED) is 0.274. The molecule has 0 fully saturated rings. The fourth-order valence-electron chi connectivity index (χ4n) is 4.33. The summed E-state index contributed by atoms with van der Waals surface area (Å²) in [6, 6.07) is 30.5. The Morgan fingerprint density at radius 3 is 2.39 bits per heavy atom. The van der Waals surface area contributed by atoms with Crippen LogP contribution in [0.2, 0.25) is 0 Å². The van der Waals surface area contributed by atoms with Crippen LogP contribution < -0.4 is 4.57 Å². The van der Waals surface area contributed by atoms with Crippen molar-refractivity contribution in [1.29, 1.82) is 0 Å². The van der Waals surface area contributed by atoms with Crippen LogP contribution in [0, 0.1) is 0 Å². The van der Waals surface area contributed by atoms with Gasteiger partial charge in [0.1, 0.15) is 12.1 Å². The summed E-state index contributed by atoms with van der Waals surface area (Å²) in [7, 11) is 0. The summed E-state index contributed by atoms with van der Waals surface area (Å²) >= 11 is 0. The van der Waals surface area contributed by atoms with Crippen LogP contribution in [0.15, 0.2) is 84.9 Å². The van der Waals surface area contributed by atoms with E-state index in [1.54, 1.807) is 0 Å². The molecular formula is C26H25N2+. The first-order valence-corrected chi connectivity index (χ1v) is 10.3. The molecule has 0 unspecified atom stereocenters. The van der Waals surface area contributed by atoms with Crippen molar-refractivity contribution in [1.82, 2.24) is 4.98 Å². The first-order valence-electron chi connectivity index (χ1n) is 10.3. The van der Waals surface area contributed by atoms with Gasteiger partial charge < -0.3 is 4.98 Å². The summed E-state index contributed by atoms with van der Waals surface area (Å²) in [5, 5.41) is 2.61. The van der Waals surface area contributed by atoms with Crippen LogP contribution in [0.3, 0.4) is 0 Å². The smallest absolute Gasteiger partial charge is 0.238 e. The molecule has 1 N–H and O–H groups in total. The van der Waals surface area contributed by atoms with Crippen LogP contribution in [0.4, 0.5) is 0 Å². The summed E-state index contributed by atoms with van der Waals surface area (Å²) in [6.07, 6.45) is 4.85. The minimum absolute atomic E-state index is 1.05. The third-order valence-corrected chi connectivity index (χ3v) is 5.69. The van der Waals surface area contributed by atoms with Crippen molar-refractivity contribution >= 4 is 32.8 Å². The van der Waals surface area contributed by atoms with Crippen LogP contribution in [-0.2, 0) is 13.0 Å². The fourth-order valence-corrected chi connectivity index (χ4v) is 4.33. The normalized spacial score (nSPS) is 11.6. The van der Waals surface area contributed by atoms with E-state index in [0.29, 0.717) is 0 Å². The number of pyridine rings is 1. The van der Waals surface area contributed by atoms with E-state index in [2.05, 4.69) is 94.5 Å². The molecule has 0 bridgehead atoms. The fraction of sp³-hybridized carbons (Fsp3) is 0.192. The minimum atomic E-state index is 1.05. The summed E-state index contributed by atoms with van der Waals surface area (Å²) < 4.78 is 2.52. The predicted molar refractivity (Wildman–Crippen MR) is 118 cm³/mol. The number of aryl methyl sites for hydroxylation is 2. The standard InChI is InChI=1S/C26H24N2/c1-3-11-20(12-4-1)13-5-2-10-18-28-25-17-9-6-14-21(25)19-24-26(28)22-15-7-8-16-23(22)27-24/h1,3-4,6-9,11-12,14-17,19H,2,5,10,13,18H2/p+1. The topological polar surface area (TPSA) is 19.7 Å². The Kier molecular flexibility index (Phi) is 4.54. The van der Waals surface area contributed by atoms with Gasteiger partial charge in [0.05, 0.1) is 10.9 Å². The lowest BCUT2D eigenvalue weighted by molar-refractivity contribution is -0.645. The molecule has 2 aromatic heterocycles. The number of H-pyrrole nitrogens is 1. The number of hydrogen-bond donors (Lipinski definition) is 1. The Bertz CT molecular complexity index is 1230. The lowest BCUT2D eigenvalue weighted by Gasteiger charge is -2.05. The van der Waals surface area contributed by atoms with E-state index in [1.807, 2.05) is 0 Å². The SMILES string of the molecule is c1ccc(CCCCC[n+]2c3ccccc3cc3[nH]c4ccccc4c32)cc1. The second kappa shape index (κ2) is 7.47. The molecule has 2 heterocycles. The van der Waals surface area contributed by atoms with Gasteiger partial charge in [0.25, 0.3) is 0 Å². The van der Waals surface area contributed by atoms with Crippen molar-refractivity contribution in [3.05, 3.63) is 90.5 Å². The van der Waals surface area contributed by atoms with E-state index in [1.165, 1.54) is 64.1 Å². The maximum absolute atomic E-state index is 3.61. The van der Waals surface area contributed by atoms with E-state index in [-0.39, 0.29) is 0 Å². The molecule has 28 heavy (non-hydrogen) atoms. The van der Waals surface area contributed by atoms with Gasteiger partial charge in [0.15, 0.2) is 0 Å². The van der Waals surface area contributed by atoms with E-state index in [4.69, 9.17) is 0 Å².